The molecule has 0 aliphatic rings. The van der Waals surface area contributed by atoms with Gasteiger partial charge in [0.05, 0.1) is 24.8 Å². The number of benzene rings is 1. The lowest BCUT2D eigenvalue weighted by atomic mass is 10.1. The van der Waals surface area contributed by atoms with Crippen LogP contribution in [0.25, 0.3) is 16.9 Å². The number of para-hydroxylation sites is 1. The topological polar surface area (TPSA) is 94.5 Å². The first kappa shape index (κ1) is 17.1. The fraction of sp³-hybridized carbons (Fsp3) is 0.111. The van der Waals surface area contributed by atoms with Gasteiger partial charge in [-0.3, -0.25) is 10.1 Å². The van der Waals surface area contributed by atoms with Crippen LogP contribution in [0.2, 0.25) is 0 Å². The summed E-state index contributed by atoms with van der Waals surface area (Å²) >= 11 is 1.24. The Labute approximate surface area is 158 Å². The Bertz CT molecular complexity index is 1080. The van der Waals surface area contributed by atoms with Gasteiger partial charge in [-0.15, -0.1) is 10.2 Å². The monoisotopic (exact) mass is 381 g/mol. The van der Waals surface area contributed by atoms with Gasteiger partial charge in [0, 0.05) is 11.6 Å². The molecule has 0 aliphatic heterocycles. The first-order valence-electron chi connectivity index (χ1n) is 8.06. The summed E-state index contributed by atoms with van der Waals surface area (Å²) in [6.45, 7) is 0. The third-order valence-corrected chi connectivity index (χ3v) is 4.65. The van der Waals surface area contributed by atoms with Gasteiger partial charge in [0.15, 0.2) is 11.5 Å². The van der Waals surface area contributed by atoms with Crippen LogP contribution in [0.15, 0.2) is 64.4 Å². The van der Waals surface area contributed by atoms with Crippen molar-refractivity contribution in [3.05, 3.63) is 54.8 Å². The van der Waals surface area contributed by atoms with Gasteiger partial charge >= 0.3 is 0 Å². The molecule has 8 nitrogen and oxygen atoms in total. The van der Waals surface area contributed by atoms with Gasteiger partial charge in [-0.1, -0.05) is 23.9 Å². The number of aromatic nitrogens is 4. The second kappa shape index (κ2) is 7.50. The molecule has 0 fully saturated rings. The molecule has 0 atom stereocenters. The smallest absolute Gasteiger partial charge is 0.237 e. The molecule has 0 saturated heterocycles. The number of rotatable bonds is 6. The molecule has 4 rings (SSSR count). The number of nitrogens with one attached hydrogen (secondary N) is 1. The van der Waals surface area contributed by atoms with Crippen LogP contribution >= 0.6 is 11.8 Å². The van der Waals surface area contributed by atoms with Gasteiger partial charge < -0.3 is 9.15 Å². The molecule has 1 N–H and O–H groups in total. The summed E-state index contributed by atoms with van der Waals surface area (Å²) in [7, 11) is 1.62. The molecular formula is C18H15N5O3S. The van der Waals surface area contributed by atoms with Gasteiger partial charge in [0.2, 0.25) is 11.1 Å². The Hall–Kier alpha value is -3.33. The van der Waals surface area contributed by atoms with Gasteiger partial charge in [-0.25, -0.2) is 0 Å². The molecule has 27 heavy (non-hydrogen) atoms. The normalized spacial score (nSPS) is 10.9. The zero-order valence-corrected chi connectivity index (χ0v) is 15.1. The van der Waals surface area contributed by atoms with E-state index in [0.29, 0.717) is 16.7 Å². The van der Waals surface area contributed by atoms with Crippen LogP contribution in [0.4, 0.5) is 5.88 Å². The lowest BCUT2D eigenvalue weighted by molar-refractivity contribution is -0.113. The average molecular weight is 381 g/mol. The fourth-order valence-corrected chi connectivity index (χ4v) is 3.20. The molecule has 3 heterocycles. The highest BCUT2D eigenvalue weighted by molar-refractivity contribution is 7.99. The first-order chi connectivity index (χ1) is 13.2. The van der Waals surface area contributed by atoms with Crippen molar-refractivity contribution in [3.8, 4) is 17.0 Å². The van der Waals surface area contributed by atoms with E-state index in [1.807, 2.05) is 36.4 Å². The van der Waals surface area contributed by atoms with Crippen LogP contribution in [-0.2, 0) is 4.79 Å². The molecule has 1 aromatic carbocycles. The number of anilines is 1. The van der Waals surface area contributed by atoms with Crippen LogP contribution < -0.4 is 10.1 Å². The van der Waals surface area contributed by atoms with Crippen LogP contribution in [0.3, 0.4) is 0 Å². The predicted octanol–water partition coefficient (Wildman–Crippen LogP) is 3.12. The van der Waals surface area contributed by atoms with Gasteiger partial charge in [-0.2, -0.15) is 9.61 Å². The number of carbonyl (C=O) groups excluding carboxylic acids is 1. The van der Waals surface area contributed by atoms with Crippen molar-refractivity contribution in [2.24, 2.45) is 0 Å². The Morgan fingerprint density at radius 1 is 1.19 bits per heavy atom. The number of nitrogens with zero attached hydrogens (tertiary/aromatic N) is 4. The quantitative estimate of drug-likeness (QED) is 0.513. The SMILES string of the molecule is COc1ccccc1-c1ccc2nnc(SCC(=O)Nc3ccco3)n2n1. The van der Waals surface area contributed by atoms with Crippen molar-refractivity contribution in [3.63, 3.8) is 0 Å². The minimum absolute atomic E-state index is 0.155. The second-order valence-corrected chi connectivity index (χ2v) is 6.43. The molecule has 9 heteroatoms. The largest absolute Gasteiger partial charge is 0.496 e. The zero-order chi connectivity index (χ0) is 18.6. The molecule has 0 saturated carbocycles. The van der Waals surface area contributed by atoms with Crippen molar-refractivity contribution in [2.75, 3.05) is 18.2 Å². The molecule has 0 spiro atoms. The zero-order valence-electron chi connectivity index (χ0n) is 14.3. The molecule has 3 aromatic heterocycles. The van der Waals surface area contributed by atoms with Crippen LogP contribution in [0.5, 0.6) is 5.75 Å². The van der Waals surface area contributed by atoms with Gasteiger partial charge in [0.25, 0.3) is 0 Å². The van der Waals surface area contributed by atoms with Gasteiger partial charge in [-0.05, 0) is 30.3 Å². The molecule has 0 radical (unpaired) electrons. The van der Waals surface area contributed by atoms with Crippen molar-refractivity contribution in [1.29, 1.82) is 0 Å². The Kier molecular flexibility index (Phi) is 4.75. The predicted molar refractivity (Wildman–Crippen MR) is 101 cm³/mol. The summed E-state index contributed by atoms with van der Waals surface area (Å²) in [5.41, 5.74) is 2.19. The van der Waals surface area contributed by atoms with E-state index >= 15 is 0 Å². The number of methoxy groups -OCH3 is 1. The minimum atomic E-state index is -0.201. The maximum atomic E-state index is 12.0. The fourth-order valence-electron chi connectivity index (χ4n) is 2.51. The number of amides is 1. The standard InChI is InChI=1S/C18H15N5O3S/c1-25-14-6-3-2-5-12(14)13-8-9-15-20-21-18(23(15)22-13)27-11-16(24)19-17-7-4-10-26-17/h2-10H,11H2,1H3,(H,19,24). The van der Waals surface area contributed by atoms with E-state index in [4.69, 9.17) is 9.15 Å². The highest BCUT2D eigenvalue weighted by atomic mass is 32.2. The molecule has 1 amide bonds. The number of fused-ring (bicyclic) bond motifs is 1. The van der Waals surface area contributed by atoms with Crippen molar-refractivity contribution in [1.82, 2.24) is 19.8 Å². The Morgan fingerprint density at radius 3 is 2.89 bits per heavy atom. The van der Waals surface area contributed by atoms with Gasteiger partial charge in [0.1, 0.15) is 5.75 Å². The number of thioether (sulfide) groups is 1. The molecule has 0 aliphatic carbocycles. The summed E-state index contributed by atoms with van der Waals surface area (Å²) < 4.78 is 12.1. The number of ether oxygens (including phenoxy) is 1. The molecule has 4 aromatic rings. The summed E-state index contributed by atoms with van der Waals surface area (Å²) in [6.07, 6.45) is 1.50. The summed E-state index contributed by atoms with van der Waals surface area (Å²) in [5, 5.41) is 16.0. The van der Waals surface area contributed by atoms with E-state index in [-0.39, 0.29) is 11.7 Å². The van der Waals surface area contributed by atoms with Crippen molar-refractivity contribution in [2.45, 2.75) is 5.16 Å². The highest BCUT2D eigenvalue weighted by Gasteiger charge is 2.13. The van der Waals surface area contributed by atoms with Crippen molar-refractivity contribution >= 4 is 29.2 Å². The Morgan fingerprint density at radius 2 is 2.07 bits per heavy atom. The maximum absolute atomic E-state index is 12.0. The first-order valence-corrected chi connectivity index (χ1v) is 9.05. The summed E-state index contributed by atoms with van der Waals surface area (Å²) in [6, 6.07) is 14.7. The van der Waals surface area contributed by atoms with E-state index < -0.39 is 0 Å². The van der Waals surface area contributed by atoms with E-state index in [1.165, 1.54) is 18.0 Å². The average Bonchev–Trinajstić information content (AvgIpc) is 3.35. The summed E-state index contributed by atoms with van der Waals surface area (Å²) in [5.74, 6) is 1.09. The van der Waals surface area contributed by atoms with Crippen molar-refractivity contribution < 1.29 is 13.9 Å². The number of furan rings is 1. The number of carbonyl (C=O) groups is 1. The van der Waals surface area contributed by atoms with E-state index in [2.05, 4.69) is 20.6 Å². The lowest BCUT2D eigenvalue weighted by Gasteiger charge is -2.08. The molecule has 0 unspecified atom stereocenters. The molecule has 136 valence electrons. The Balaban J connectivity index is 1.56. The van der Waals surface area contributed by atoms with E-state index in [9.17, 15) is 4.79 Å². The minimum Gasteiger partial charge on any atom is -0.496 e. The summed E-state index contributed by atoms with van der Waals surface area (Å²) in [4.78, 5) is 12.0. The lowest BCUT2D eigenvalue weighted by Crippen LogP contribution is -2.13. The van der Waals surface area contributed by atoms with E-state index in [1.54, 1.807) is 23.8 Å². The maximum Gasteiger partial charge on any atom is 0.237 e. The van der Waals surface area contributed by atoms with Crippen LogP contribution in [-0.4, -0.2) is 38.6 Å². The highest BCUT2D eigenvalue weighted by Crippen LogP contribution is 2.28. The number of hydrogen-bond donors (Lipinski definition) is 1. The third-order valence-electron chi connectivity index (χ3n) is 3.73. The molecule has 0 bridgehead atoms. The number of hydrogen-bond acceptors (Lipinski definition) is 7. The second-order valence-electron chi connectivity index (χ2n) is 5.49. The van der Waals surface area contributed by atoms with E-state index in [0.717, 1.165) is 17.0 Å². The molecular weight excluding hydrogens is 366 g/mol. The van der Waals surface area contributed by atoms with Crippen LogP contribution in [0.1, 0.15) is 0 Å². The third kappa shape index (κ3) is 3.63. The van der Waals surface area contributed by atoms with Crippen LogP contribution in [0, 0.1) is 0 Å².